The highest BCUT2D eigenvalue weighted by atomic mass is 19.2. The Balaban J connectivity index is 1.79. The van der Waals surface area contributed by atoms with Gasteiger partial charge in [-0.1, -0.05) is 42.5 Å². The topological polar surface area (TPSA) is 46.6 Å². The van der Waals surface area contributed by atoms with Gasteiger partial charge in [0.2, 0.25) is 0 Å². The maximum absolute atomic E-state index is 14.2. The summed E-state index contributed by atoms with van der Waals surface area (Å²) in [6.07, 6.45) is 1.28. The van der Waals surface area contributed by atoms with Gasteiger partial charge in [0.05, 0.1) is 13.7 Å². The minimum absolute atomic E-state index is 0.0406. The summed E-state index contributed by atoms with van der Waals surface area (Å²) >= 11 is 0. The Bertz CT molecular complexity index is 1170. The zero-order valence-corrected chi connectivity index (χ0v) is 16.1. The average molecular weight is 405 g/mol. The smallest absolute Gasteiger partial charge is 0.261 e. The Morgan fingerprint density at radius 1 is 0.867 bits per heavy atom. The summed E-state index contributed by atoms with van der Waals surface area (Å²) in [5, 5.41) is 0. The van der Waals surface area contributed by atoms with Gasteiger partial charge in [0.25, 0.3) is 11.8 Å². The molecule has 4 rings (SSSR count). The summed E-state index contributed by atoms with van der Waals surface area (Å²) in [7, 11) is 1.55. The second-order valence-corrected chi connectivity index (χ2v) is 6.79. The Kier molecular flexibility index (Phi) is 5.14. The first-order valence-corrected chi connectivity index (χ1v) is 9.24. The van der Waals surface area contributed by atoms with E-state index in [1.807, 2.05) is 0 Å². The number of hydrogen-bond acceptors (Lipinski definition) is 3. The molecule has 0 spiro atoms. The monoisotopic (exact) mass is 405 g/mol. The van der Waals surface area contributed by atoms with Gasteiger partial charge in [-0.15, -0.1) is 0 Å². The van der Waals surface area contributed by atoms with E-state index in [0.717, 1.165) is 16.5 Å². The second kappa shape index (κ2) is 7.91. The van der Waals surface area contributed by atoms with Crippen LogP contribution in [-0.4, -0.2) is 23.8 Å². The van der Waals surface area contributed by atoms with Gasteiger partial charge in [-0.05, 0) is 41.5 Å². The third-order valence-corrected chi connectivity index (χ3v) is 4.95. The first-order chi connectivity index (χ1) is 14.5. The third kappa shape index (κ3) is 3.48. The van der Waals surface area contributed by atoms with Crippen molar-refractivity contribution in [1.29, 1.82) is 0 Å². The van der Waals surface area contributed by atoms with Crippen LogP contribution in [0.3, 0.4) is 0 Å². The first kappa shape index (κ1) is 19.5. The van der Waals surface area contributed by atoms with Crippen molar-refractivity contribution in [3.63, 3.8) is 0 Å². The van der Waals surface area contributed by atoms with Crippen LogP contribution >= 0.6 is 0 Å². The van der Waals surface area contributed by atoms with Crippen molar-refractivity contribution in [3.8, 4) is 5.75 Å². The molecule has 6 heteroatoms. The molecule has 3 aromatic rings. The van der Waals surface area contributed by atoms with Crippen molar-refractivity contribution in [2.75, 3.05) is 7.11 Å². The van der Waals surface area contributed by atoms with Crippen molar-refractivity contribution >= 4 is 23.5 Å². The minimum Gasteiger partial charge on any atom is -0.497 e. The number of benzene rings is 3. The average Bonchev–Trinajstić information content (AvgIpc) is 2.77. The van der Waals surface area contributed by atoms with Crippen LogP contribution in [0, 0.1) is 11.6 Å². The number of carbonyl (C=O) groups is 2. The maximum atomic E-state index is 14.2. The summed E-state index contributed by atoms with van der Waals surface area (Å²) < 4.78 is 33.0. The summed E-state index contributed by atoms with van der Waals surface area (Å²) in [6.45, 7) is 0.0406. The lowest BCUT2D eigenvalue weighted by Gasteiger charge is -2.29. The van der Waals surface area contributed by atoms with Crippen molar-refractivity contribution < 1.29 is 23.1 Å². The predicted octanol–water partition coefficient (Wildman–Crippen LogP) is 4.70. The van der Waals surface area contributed by atoms with Crippen LogP contribution in [0.15, 0.2) is 66.7 Å². The van der Waals surface area contributed by atoms with Gasteiger partial charge in [0, 0.05) is 16.7 Å². The van der Waals surface area contributed by atoms with Crippen LogP contribution in [-0.2, 0) is 11.3 Å². The molecule has 1 aliphatic heterocycles. The van der Waals surface area contributed by atoms with Crippen molar-refractivity contribution in [2.24, 2.45) is 0 Å². The molecule has 0 N–H and O–H groups in total. The number of ether oxygens (including phenoxy) is 1. The summed E-state index contributed by atoms with van der Waals surface area (Å²) in [5.74, 6) is -2.41. The number of methoxy groups -OCH3 is 1. The summed E-state index contributed by atoms with van der Waals surface area (Å²) in [5.41, 5.74) is 1.51. The van der Waals surface area contributed by atoms with Crippen LogP contribution in [0.2, 0.25) is 0 Å². The van der Waals surface area contributed by atoms with Crippen LogP contribution < -0.4 is 4.74 Å². The molecule has 0 fully saturated rings. The van der Waals surface area contributed by atoms with E-state index in [-0.39, 0.29) is 17.7 Å². The maximum Gasteiger partial charge on any atom is 0.261 e. The van der Waals surface area contributed by atoms with Gasteiger partial charge in [-0.25, -0.2) is 8.78 Å². The van der Waals surface area contributed by atoms with Gasteiger partial charge in [0.1, 0.15) is 5.75 Å². The first-order valence-electron chi connectivity index (χ1n) is 9.24. The van der Waals surface area contributed by atoms with E-state index >= 15 is 0 Å². The molecule has 0 bridgehead atoms. The molecule has 0 aliphatic carbocycles. The van der Waals surface area contributed by atoms with E-state index in [4.69, 9.17) is 4.74 Å². The number of amides is 2. The van der Waals surface area contributed by atoms with E-state index in [1.165, 1.54) is 18.2 Å². The number of nitrogens with zero attached hydrogens (tertiary/aromatic N) is 1. The number of imide groups is 1. The van der Waals surface area contributed by atoms with Crippen molar-refractivity contribution in [2.45, 2.75) is 6.54 Å². The van der Waals surface area contributed by atoms with Crippen LogP contribution in [0.4, 0.5) is 8.78 Å². The van der Waals surface area contributed by atoms with Crippen LogP contribution in [0.5, 0.6) is 5.75 Å². The van der Waals surface area contributed by atoms with Crippen molar-refractivity contribution in [3.05, 3.63) is 101 Å². The molecule has 30 heavy (non-hydrogen) atoms. The lowest BCUT2D eigenvalue weighted by atomic mass is 9.91. The van der Waals surface area contributed by atoms with Crippen molar-refractivity contribution in [1.82, 2.24) is 4.90 Å². The Morgan fingerprint density at radius 2 is 1.57 bits per heavy atom. The molecule has 0 aromatic heterocycles. The molecule has 1 aliphatic rings. The van der Waals surface area contributed by atoms with Crippen LogP contribution in [0.25, 0.3) is 11.6 Å². The number of halogens is 2. The summed E-state index contributed by atoms with van der Waals surface area (Å²) in [4.78, 5) is 27.3. The molecule has 0 radical (unpaired) electrons. The number of rotatable bonds is 4. The third-order valence-electron chi connectivity index (χ3n) is 4.95. The molecule has 3 aromatic carbocycles. The van der Waals surface area contributed by atoms with Gasteiger partial charge < -0.3 is 4.74 Å². The lowest BCUT2D eigenvalue weighted by Crippen LogP contribution is -2.41. The molecule has 1 heterocycles. The Morgan fingerprint density at radius 3 is 2.27 bits per heavy atom. The highest BCUT2D eigenvalue weighted by molar-refractivity contribution is 6.33. The number of hydrogen-bond donors (Lipinski definition) is 0. The molecule has 2 amide bonds. The second-order valence-electron chi connectivity index (χ2n) is 6.79. The molecule has 0 saturated carbocycles. The van der Waals surface area contributed by atoms with Gasteiger partial charge >= 0.3 is 0 Å². The van der Waals surface area contributed by atoms with E-state index in [2.05, 4.69) is 0 Å². The molecule has 0 atom stereocenters. The number of carbonyl (C=O) groups excluding carboxylic acids is 2. The van der Waals surface area contributed by atoms with Gasteiger partial charge in [0.15, 0.2) is 11.6 Å². The molecule has 0 unspecified atom stereocenters. The molecular weight excluding hydrogens is 388 g/mol. The largest absolute Gasteiger partial charge is 0.497 e. The van der Waals surface area contributed by atoms with E-state index in [1.54, 1.807) is 55.6 Å². The zero-order chi connectivity index (χ0) is 21.3. The Hall–Kier alpha value is -3.80. The highest BCUT2D eigenvalue weighted by Crippen LogP contribution is 2.32. The fraction of sp³-hybridized carbons (Fsp3) is 0.0833. The fourth-order valence-corrected chi connectivity index (χ4v) is 3.39. The van der Waals surface area contributed by atoms with Gasteiger partial charge in [-0.3, -0.25) is 14.5 Å². The van der Waals surface area contributed by atoms with E-state index in [9.17, 15) is 18.4 Å². The van der Waals surface area contributed by atoms with E-state index in [0.29, 0.717) is 16.9 Å². The Labute approximate surface area is 172 Å². The SMILES string of the molecule is COc1ccc(CN2C(=O)/C(=C/c3cccc(F)c3F)c3ccccc3C2=O)cc1. The molecule has 150 valence electrons. The highest BCUT2D eigenvalue weighted by Gasteiger charge is 2.34. The molecule has 4 nitrogen and oxygen atoms in total. The number of fused-ring (bicyclic) bond motifs is 1. The predicted molar refractivity (Wildman–Crippen MR) is 109 cm³/mol. The van der Waals surface area contributed by atoms with Gasteiger partial charge in [-0.2, -0.15) is 0 Å². The fourth-order valence-electron chi connectivity index (χ4n) is 3.39. The standard InChI is InChI=1S/C24H17F2NO3/c1-30-17-11-9-15(10-12-17)14-27-23(28)19-7-3-2-6-18(19)20(24(27)29)13-16-5-4-8-21(25)22(16)26/h2-13H,14H2,1H3/b20-13+. The normalized spacial score (nSPS) is 14.8. The quantitative estimate of drug-likeness (QED) is 0.467. The van der Waals surface area contributed by atoms with Crippen LogP contribution in [0.1, 0.15) is 27.0 Å². The summed E-state index contributed by atoms with van der Waals surface area (Å²) in [6, 6.07) is 17.4. The lowest BCUT2D eigenvalue weighted by molar-refractivity contribution is -0.123. The van der Waals surface area contributed by atoms with E-state index < -0.39 is 23.4 Å². The zero-order valence-electron chi connectivity index (χ0n) is 16.1. The molecular formula is C24H17F2NO3. The molecule has 0 saturated heterocycles. The minimum atomic E-state index is -1.05.